The first-order valence-corrected chi connectivity index (χ1v) is 9.02. The van der Waals surface area contributed by atoms with Gasteiger partial charge < -0.3 is 15.4 Å². The fraction of sp³-hybridized carbons (Fsp3) is 0.250. The summed E-state index contributed by atoms with van der Waals surface area (Å²) >= 11 is 5.76. The van der Waals surface area contributed by atoms with E-state index in [-0.39, 0.29) is 24.7 Å². The number of amides is 2. The van der Waals surface area contributed by atoms with Gasteiger partial charge in [0, 0.05) is 30.1 Å². The minimum absolute atomic E-state index is 0.0755. The lowest BCUT2D eigenvalue weighted by Gasteiger charge is -2.07. The van der Waals surface area contributed by atoms with Crippen molar-refractivity contribution in [1.82, 2.24) is 10.6 Å². The third-order valence-electron chi connectivity index (χ3n) is 3.72. The van der Waals surface area contributed by atoms with Gasteiger partial charge >= 0.3 is 5.97 Å². The van der Waals surface area contributed by atoms with Crippen LogP contribution in [0.2, 0.25) is 5.02 Å². The fourth-order valence-electron chi connectivity index (χ4n) is 2.21. The van der Waals surface area contributed by atoms with Crippen LogP contribution in [0.25, 0.3) is 0 Å². The van der Waals surface area contributed by atoms with Crippen molar-refractivity contribution in [1.29, 1.82) is 0 Å². The fourth-order valence-corrected chi connectivity index (χ4v) is 2.34. The Labute approximate surface area is 167 Å². The zero-order valence-corrected chi connectivity index (χ0v) is 15.8. The molecule has 0 aromatic heterocycles. The molecule has 0 saturated heterocycles. The Balaban J connectivity index is 1.56. The van der Waals surface area contributed by atoms with Crippen LogP contribution in [-0.2, 0) is 20.9 Å². The predicted molar refractivity (Wildman–Crippen MR) is 102 cm³/mol. The van der Waals surface area contributed by atoms with E-state index in [0.29, 0.717) is 23.6 Å². The molecule has 0 radical (unpaired) electrons. The molecule has 148 valence electrons. The SMILES string of the molecule is O=C(COC(=O)CCCNC(=O)c1ccc(Cl)cc1)NCc1ccc(F)cc1. The summed E-state index contributed by atoms with van der Waals surface area (Å²) < 4.78 is 17.7. The number of esters is 1. The third kappa shape index (κ3) is 7.75. The maximum absolute atomic E-state index is 12.8. The van der Waals surface area contributed by atoms with E-state index in [2.05, 4.69) is 10.6 Å². The van der Waals surface area contributed by atoms with Crippen LogP contribution >= 0.6 is 11.6 Å². The molecule has 0 spiro atoms. The number of rotatable bonds is 9. The average Bonchev–Trinajstić information content (AvgIpc) is 2.69. The highest BCUT2D eigenvalue weighted by molar-refractivity contribution is 6.30. The minimum atomic E-state index is -0.530. The third-order valence-corrected chi connectivity index (χ3v) is 3.97. The van der Waals surface area contributed by atoms with E-state index in [1.807, 2.05) is 0 Å². The Morgan fingerprint density at radius 3 is 2.32 bits per heavy atom. The molecular formula is C20H20ClFN2O4. The largest absolute Gasteiger partial charge is 0.456 e. The molecule has 2 rings (SSSR count). The molecule has 0 bridgehead atoms. The highest BCUT2D eigenvalue weighted by Gasteiger charge is 2.09. The number of carbonyl (C=O) groups is 3. The zero-order chi connectivity index (χ0) is 20.4. The molecule has 0 unspecified atom stereocenters. The number of halogens is 2. The second-order valence-corrected chi connectivity index (χ2v) is 6.37. The van der Waals surface area contributed by atoms with Crippen molar-refractivity contribution in [2.24, 2.45) is 0 Å². The van der Waals surface area contributed by atoms with Gasteiger partial charge in [0.1, 0.15) is 5.82 Å². The van der Waals surface area contributed by atoms with Gasteiger partial charge in [0.15, 0.2) is 6.61 Å². The first kappa shape index (κ1) is 21.4. The summed E-state index contributed by atoms with van der Waals surface area (Å²) in [6.07, 6.45) is 0.460. The molecule has 0 saturated carbocycles. The lowest BCUT2D eigenvalue weighted by Crippen LogP contribution is -2.28. The quantitative estimate of drug-likeness (QED) is 0.495. The van der Waals surface area contributed by atoms with Crippen LogP contribution in [0, 0.1) is 5.82 Å². The van der Waals surface area contributed by atoms with Crippen LogP contribution < -0.4 is 10.6 Å². The minimum Gasteiger partial charge on any atom is -0.456 e. The molecule has 2 amide bonds. The molecule has 6 nitrogen and oxygen atoms in total. The maximum Gasteiger partial charge on any atom is 0.306 e. The molecule has 2 N–H and O–H groups in total. The van der Waals surface area contributed by atoms with Crippen molar-refractivity contribution < 1.29 is 23.5 Å². The van der Waals surface area contributed by atoms with Crippen LogP contribution in [0.1, 0.15) is 28.8 Å². The summed E-state index contributed by atoms with van der Waals surface area (Å²) in [5, 5.41) is 5.80. The maximum atomic E-state index is 12.8. The molecule has 0 aliphatic carbocycles. The molecule has 0 atom stereocenters. The summed E-state index contributed by atoms with van der Waals surface area (Å²) in [5.41, 5.74) is 1.21. The summed E-state index contributed by atoms with van der Waals surface area (Å²) in [4.78, 5) is 35.2. The van der Waals surface area contributed by atoms with Gasteiger partial charge in [-0.05, 0) is 48.4 Å². The number of hydrogen-bond acceptors (Lipinski definition) is 4. The lowest BCUT2D eigenvalue weighted by molar-refractivity contribution is -0.148. The molecule has 0 fully saturated rings. The smallest absolute Gasteiger partial charge is 0.306 e. The monoisotopic (exact) mass is 406 g/mol. The zero-order valence-electron chi connectivity index (χ0n) is 15.0. The molecule has 28 heavy (non-hydrogen) atoms. The van der Waals surface area contributed by atoms with E-state index in [1.165, 1.54) is 12.1 Å². The predicted octanol–water partition coefficient (Wildman–Crippen LogP) is 2.85. The number of ether oxygens (including phenoxy) is 1. The van der Waals surface area contributed by atoms with Crippen LogP contribution in [0.4, 0.5) is 4.39 Å². The van der Waals surface area contributed by atoms with E-state index < -0.39 is 18.5 Å². The van der Waals surface area contributed by atoms with Crippen molar-refractivity contribution >= 4 is 29.4 Å². The molecule has 2 aromatic rings. The van der Waals surface area contributed by atoms with Crippen molar-refractivity contribution in [2.75, 3.05) is 13.2 Å². The Morgan fingerprint density at radius 2 is 1.64 bits per heavy atom. The van der Waals surface area contributed by atoms with E-state index in [9.17, 15) is 18.8 Å². The molecular weight excluding hydrogens is 387 g/mol. The van der Waals surface area contributed by atoms with Crippen LogP contribution in [0.5, 0.6) is 0 Å². The Bertz CT molecular complexity index is 810. The van der Waals surface area contributed by atoms with E-state index in [4.69, 9.17) is 16.3 Å². The van der Waals surface area contributed by atoms with Crippen molar-refractivity contribution in [3.63, 3.8) is 0 Å². The molecule has 0 aliphatic heterocycles. The van der Waals surface area contributed by atoms with Gasteiger partial charge in [-0.3, -0.25) is 14.4 Å². The van der Waals surface area contributed by atoms with Gasteiger partial charge in [-0.1, -0.05) is 23.7 Å². The first-order chi connectivity index (χ1) is 13.4. The standard InChI is InChI=1S/C20H20ClFN2O4/c21-16-7-5-15(6-8-16)20(27)23-11-1-2-19(26)28-13-18(25)24-12-14-3-9-17(22)10-4-14/h3-10H,1-2,11-13H2,(H,23,27)(H,24,25). The van der Waals surface area contributed by atoms with Gasteiger partial charge in [0.05, 0.1) is 0 Å². The van der Waals surface area contributed by atoms with Crippen LogP contribution in [-0.4, -0.2) is 30.9 Å². The molecule has 0 heterocycles. The van der Waals surface area contributed by atoms with Crippen LogP contribution in [0.3, 0.4) is 0 Å². The summed E-state index contributed by atoms with van der Waals surface area (Å²) in [5.74, 6) is -1.59. The number of hydrogen-bond donors (Lipinski definition) is 2. The van der Waals surface area contributed by atoms with Crippen molar-refractivity contribution in [2.45, 2.75) is 19.4 Å². The summed E-state index contributed by atoms with van der Waals surface area (Å²) in [6.45, 7) is 0.123. The lowest BCUT2D eigenvalue weighted by atomic mass is 10.2. The van der Waals surface area contributed by atoms with Gasteiger partial charge in [-0.15, -0.1) is 0 Å². The van der Waals surface area contributed by atoms with E-state index in [1.54, 1.807) is 36.4 Å². The van der Waals surface area contributed by atoms with Crippen molar-refractivity contribution in [3.8, 4) is 0 Å². The van der Waals surface area contributed by atoms with Gasteiger partial charge in [0.25, 0.3) is 11.8 Å². The normalized spacial score (nSPS) is 10.2. The van der Waals surface area contributed by atoms with Gasteiger partial charge in [0.2, 0.25) is 0 Å². The highest BCUT2D eigenvalue weighted by atomic mass is 35.5. The topological polar surface area (TPSA) is 84.5 Å². The number of carbonyl (C=O) groups excluding carboxylic acids is 3. The van der Waals surface area contributed by atoms with E-state index in [0.717, 1.165) is 5.56 Å². The number of nitrogens with one attached hydrogen (secondary N) is 2. The highest BCUT2D eigenvalue weighted by Crippen LogP contribution is 2.09. The Kier molecular flexibility index (Phi) is 8.42. The number of benzene rings is 2. The Morgan fingerprint density at radius 1 is 0.964 bits per heavy atom. The molecule has 2 aromatic carbocycles. The Hall–Kier alpha value is -2.93. The molecule has 8 heteroatoms. The van der Waals surface area contributed by atoms with Crippen LogP contribution in [0.15, 0.2) is 48.5 Å². The second kappa shape index (κ2) is 11.0. The second-order valence-electron chi connectivity index (χ2n) is 5.93. The average molecular weight is 407 g/mol. The van der Waals surface area contributed by atoms with Crippen molar-refractivity contribution in [3.05, 3.63) is 70.5 Å². The first-order valence-electron chi connectivity index (χ1n) is 8.64. The summed E-state index contributed by atoms with van der Waals surface area (Å²) in [7, 11) is 0. The van der Waals surface area contributed by atoms with E-state index >= 15 is 0 Å². The van der Waals surface area contributed by atoms with Gasteiger partial charge in [-0.2, -0.15) is 0 Å². The van der Waals surface area contributed by atoms with Gasteiger partial charge in [-0.25, -0.2) is 4.39 Å². The summed E-state index contributed by atoms with van der Waals surface area (Å²) in [6, 6.07) is 12.2. The molecule has 0 aliphatic rings.